The molecule has 0 bridgehead atoms. The number of nitrogens with one attached hydrogen (secondary N) is 3. The van der Waals surface area contributed by atoms with Crippen LogP contribution in [0.1, 0.15) is 19.3 Å². The lowest BCUT2D eigenvalue weighted by Crippen LogP contribution is -2.70. The number of carbonyl (C=O) groups excluding carboxylic acids is 3. The van der Waals surface area contributed by atoms with Gasteiger partial charge in [0.25, 0.3) is 0 Å². The number of nitrogens with two attached hydrogens (primary N) is 3. The number of primary amides is 1. The summed E-state index contributed by atoms with van der Waals surface area (Å²) in [7, 11) is 1.55. The van der Waals surface area contributed by atoms with Gasteiger partial charge in [-0.15, -0.1) is 0 Å². The number of amides is 3. The first-order chi connectivity index (χ1) is 17.0. The van der Waals surface area contributed by atoms with Crippen molar-refractivity contribution in [3.05, 3.63) is 0 Å². The number of carbonyl (C=O) groups is 3. The van der Waals surface area contributed by atoms with Gasteiger partial charge in [-0.05, 0) is 19.4 Å². The lowest BCUT2D eigenvalue weighted by molar-refractivity contribution is -0.198. The van der Waals surface area contributed by atoms with Gasteiger partial charge in [0.2, 0.25) is 11.8 Å². The smallest absolute Gasteiger partial charge is 0.404 e. The first kappa shape index (κ1) is 27.8. The highest BCUT2D eigenvalue weighted by Crippen LogP contribution is 2.24. The number of β-amino-alcohol motifs (C(OH)–C–C–N with tert-alkyl or cyclic N) is 1. The largest absolute Gasteiger partial charge is 0.441 e. The number of piperidine rings is 1. The molecular formula is C20H36N8O8. The van der Waals surface area contributed by atoms with Crippen LogP contribution in [0.4, 0.5) is 4.79 Å². The fourth-order valence-electron chi connectivity index (χ4n) is 4.56. The quantitative estimate of drug-likeness (QED) is 0.139. The Labute approximate surface area is 207 Å². The molecule has 36 heavy (non-hydrogen) atoms. The number of fused-ring (bicyclic) bond motifs is 1. The number of rotatable bonds is 9. The van der Waals surface area contributed by atoms with Crippen LogP contribution >= 0.6 is 0 Å². The van der Waals surface area contributed by atoms with Crippen molar-refractivity contribution in [2.75, 3.05) is 26.7 Å². The molecule has 9 atom stereocenters. The van der Waals surface area contributed by atoms with E-state index in [-0.39, 0.29) is 24.8 Å². The van der Waals surface area contributed by atoms with E-state index in [0.29, 0.717) is 19.4 Å². The molecule has 2 fully saturated rings. The highest BCUT2D eigenvalue weighted by Gasteiger charge is 2.50. The predicted octanol–water partition coefficient (Wildman–Crippen LogP) is -5.41. The van der Waals surface area contributed by atoms with Gasteiger partial charge in [-0.1, -0.05) is 0 Å². The first-order valence-electron chi connectivity index (χ1n) is 11.7. The number of nitrogens with zero attached hydrogens (tertiary/aromatic N) is 2. The number of guanidine groups is 1. The van der Waals surface area contributed by atoms with E-state index < -0.39 is 73.4 Å². The molecular weight excluding hydrogens is 480 g/mol. The van der Waals surface area contributed by atoms with E-state index in [2.05, 4.69) is 20.9 Å². The average molecular weight is 517 g/mol. The van der Waals surface area contributed by atoms with Crippen LogP contribution < -0.4 is 33.2 Å². The molecule has 3 aliphatic rings. The maximum absolute atomic E-state index is 12.7. The Morgan fingerprint density at radius 2 is 2.11 bits per heavy atom. The van der Waals surface area contributed by atoms with Crippen LogP contribution in [-0.2, 0) is 19.1 Å². The third kappa shape index (κ3) is 6.32. The molecule has 0 aromatic carbocycles. The van der Waals surface area contributed by atoms with Crippen molar-refractivity contribution in [3.8, 4) is 0 Å². The maximum Gasteiger partial charge on any atom is 0.404 e. The Kier molecular flexibility index (Phi) is 9.26. The molecule has 3 rings (SSSR count). The van der Waals surface area contributed by atoms with E-state index in [9.17, 15) is 29.7 Å². The number of aliphatic imine (C=N–C) groups is 1. The summed E-state index contributed by atoms with van der Waals surface area (Å²) in [5.74, 6) is -0.727. The second-order valence-electron chi connectivity index (χ2n) is 9.18. The molecule has 0 aromatic rings. The van der Waals surface area contributed by atoms with Gasteiger partial charge in [0.05, 0.1) is 18.8 Å². The number of aliphatic hydroxyl groups is 3. The van der Waals surface area contributed by atoms with Crippen LogP contribution in [0.2, 0.25) is 0 Å². The molecule has 2 saturated heterocycles. The number of hydrogen-bond donors (Lipinski definition) is 9. The van der Waals surface area contributed by atoms with Crippen LogP contribution in [0.5, 0.6) is 0 Å². The minimum atomic E-state index is -1.55. The average Bonchev–Trinajstić information content (AvgIpc) is 3.24. The van der Waals surface area contributed by atoms with Crippen molar-refractivity contribution >= 4 is 23.9 Å². The molecule has 16 nitrogen and oxygen atoms in total. The molecule has 204 valence electrons. The van der Waals surface area contributed by atoms with Crippen LogP contribution in [0.3, 0.4) is 0 Å². The summed E-state index contributed by atoms with van der Waals surface area (Å²) in [6.07, 6.45) is -6.34. The third-order valence-corrected chi connectivity index (χ3v) is 6.40. The molecule has 3 amide bonds. The topological polar surface area (TPSA) is 260 Å². The summed E-state index contributed by atoms with van der Waals surface area (Å²) in [6, 6.07) is -3.25. The Bertz CT molecular complexity index is 847. The van der Waals surface area contributed by atoms with E-state index in [1.807, 2.05) is 0 Å². The number of ether oxygens (including phenoxy) is 2. The third-order valence-electron chi connectivity index (χ3n) is 6.40. The zero-order valence-corrected chi connectivity index (χ0v) is 19.9. The van der Waals surface area contributed by atoms with Gasteiger partial charge in [-0.3, -0.25) is 9.59 Å². The van der Waals surface area contributed by atoms with Crippen LogP contribution in [0.15, 0.2) is 4.99 Å². The van der Waals surface area contributed by atoms with Crippen molar-refractivity contribution in [3.63, 3.8) is 0 Å². The summed E-state index contributed by atoms with van der Waals surface area (Å²) in [5.41, 5.74) is 16.6. The number of aliphatic hydroxyl groups excluding tert-OH is 3. The Morgan fingerprint density at radius 3 is 2.75 bits per heavy atom. The second kappa shape index (κ2) is 12.0. The number of likely N-dealkylation sites (tertiary alicyclic amines) is 1. The van der Waals surface area contributed by atoms with E-state index in [0.717, 1.165) is 0 Å². The summed E-state index contributed by atoms with van der Waals surface area (Å²) in [5, 5.41) is 39.5. The molecule has 3 heterocycles. The molecule has 0 radical (unpaired) electrons. The van der Waals surface area contributed by atoms with Gasteiger partial charge in [0.1, 0.15) is 18.2 Å². The molecule has 12 N–H and O–H groups in total. The summed E-state index contributed by atoms with van der Waals surface area (Å²) >= 11 is 0. The van der Waals surface area contributed by atoms with Gasteiger partial charge in [0.15, 0.2) is 24.3 Å². The van der Waals surface area contributed by atoms with Crippen molar-refractivity contribution in [2.24, 2.45) is 22.2 Å². The number of likely N-dealkylation sites (N-methyl/N-ethyl adjacent to an activating group) is 1. The molecule has 0 saturated carbocycles. The zero-order valence-electron chi connectivity index (χ0n) is 19.9. The first-order valence-corrected chi connectivity index (χ1v) is 11.7. The van der Waals surface area contributed by atoms with E-state index >= 15 is 0 Å². The molecule has 0 aromatic heterocycles. The van der Waals surface area contributed by atoms with Gasteiger partial charge >= 0.3 is 6.09 Å². The van der Waals surface area contributed by atoms with Crippen molar-refractivity contribution in [2.45, 2.75) is 74.1 Å². The second-order valence-corrected chi connectivity index (χ2v) is 9.18. The highest BCUT2D eigenvalue weighted by molar-refractivity contribution is 5.92. The fourth-order valence-corrected chi connectivity index (χ4v) is 4.56. The van der Waals surface area contributed by atoms with Gasteiger partial charge < -0.3 is 62.8 Å². The van der Waals surface area contributed by atoms with Crippen molar-refractivity contribution in [1.82, 2.24) is 20.9 Å². The lowest BCUT2D eigenvalue weighted by Gasteiger charge is -2.44. The van der Waals surface area contributed by atoms with Crippen molar-refractivity contribution < 1.29 is 39.2 Å². The van der Waals surface area contributed by atoms with Crippen LogP contribution in [-0.4, -0.2) is 126 Å². The Morgan fingerprint density at radius 1 is 1.39 bits per heavy atom. The zero-order chi connectivity index (χ0) is 26.6. The molecule has 9 unspecified atom stereocenters. The van der Waals surface area contributed by atoms with Crippen molar-refractivity contribution in [1.29, 1.82) is 0 Å². The SMILES string of the molecule is CN1CC(O)C2NC(NC3OC(CO)C(OC(N)=O)C(O)C3NC(=O)CC(N)CCCN)=NC2C1=O. The molecule has 16 heteroatoms. The van der Waals surface area contributed by atoms with Gasteiger partial charge in [0, 0.05) is 26.1 Å². The van der Waals surface area contributed by atoms with E-state index in [1.165, 1.54) is 4.90 Å². The normalized spacial score (nSPS) is 34.8. The van der Waals surface area contributed by atoms with Gasteiger partial charge in [-0.2, -0.15) is 0 Å². The standard InChI is InChI=1S/C20H36N8O8/c1-28-6-9(30)12-13(18(28)33)26-20(25-12)27-17-14(24-11(31)5-8(22)3-2-4-21)15(32)16(36-19(23)34)10(7-29)35-17/h8-10,12-17,29-30,32H,2-7,21-22H2,1H3,(H2,23,34)(H,24,31)(H2,25,26,27). The van der Waals surface area contributed by atoms with Gasteiger partial charge in [-0.25, -0.2) is 9.79 Å². The minimum Gasteiger partial charge on any atom is -0.441 e. The minimum absolute atomic E-state index is 0.0723. The van der Waals surface area contributed by atoms with Crippen LogP contribution in [0, 0.1) is 0 Å². The monoisotopic (exact) mass is 516 g/mol. The molecule has 0 aliphatic carbocycles. The molecule has 3 aliphatic heterocycles. The predicted molar refractivity (Wildman–Crippen MR) is 124 cm³/mol. The van der Waals surface area contributed by atoms with Crippen LogP contribution in [0.25, 0.3) is 0 Å². The Balaban J connectivity index is 1.78. The summed E-state index contributed by atoms with van der Waals surface area (Å²) < 4.78 is 10.7. The summed E-state index contributed by atoms with van der Waals surface area (Å²) in [4.78, 5) is 42.2. The lowest BCUT2D eigenvalue weighted by atomic mass is 9.95. The fraction of sp³-hybridized carbons (Fsp3) is 0.800. The highest BCUT2D eigenvalue weighted by atomic mass is 16.6. The Hall–Kier alpha value is -2.76. The molecule has 0 spiro atoms. The number of hydrogen-bond acceptors (Lipinski definition) is 13. The summed E-state index contributed by atoms with van der Waals surface area (Å²) in [6.45, 7) is -0.101. The van der Waals surface area contributed by atoms with E-state index in [4.69, 9.17) is 26.7 Å². The van der Waals surface area contributed by atoms with E-state index in [1.54, 1.807) is 7.05 Å². The maximum atomic E-state index is 12.7.